The van der Waals surface area contributed by atoms with Crippen LogP contribution in [0.2, 0.25) is 0 Å². The van der Waals surface area contributed by atoms with Gasteiger partial charge in [-0.25, -0.2) is 0 Å². The highest BCUT2D eigenvalue weighted by molar-refractivity contribution is 6.06. The lowest BCUT2D eigenvalue weighted by Gasteiger charge is -2.49. The third kappa shape index (κ3) is 6.96. The van der Waals surface area contributed by atoms with Crippen LogP contribution in [-0.4, -0.2) is 43.3 Å². The fourth-order valence-electron chi connectivity index (χ4n) is 7.33. The Morgan fingerprint density at radius 1 is 0.911 bits per heavy atom. The number of carbonyl (C=O) groups is 2. The number of methoxy groups -OCH3 is 1. The monoisotopic (exact) mass is 611 g/mol. The first-order valence-corrected chi connectivity index (χ1v) is 16.3. The fourth-order valence-corrected chi connectivity index (χ4v) is 7.33. The predicted octanol–water partition coefficient (Wildman–Crippen LogP) is 8.11. The van der Waals surface area contributed by atoms with Gasteiger partial charge in [0.2, 0.25) is 0 Å². The summed E-state index contributed by atoms with van der Waals surface area (Å²) in [6.45, 7) is 16.9. The second-order valence-corrected chi connectivity index (χ2v) is 14.2. The zero-order valence-corrected chi connectivity index (χ0v) is 28.0. The molecule has 0 amide bonds. The molecule has 0 N–H and O–H groups in total. The van der Waals surface area contributed by atoms with E-state index in [0.717, 1.165) is 58.5 Å². The van der Waals surface area contributed by atoms with Gasteiger partial charge in [-0.15, -0.1) is 6.58 Å². The first kappa shape index (κ1) is 32.7. The van der Waals surface area contributed by atoms with Crippen LogP contribution in [0.1, 0.15) is 89.3 Å². The molecule has 1 heterocycles. The number of ether oxygens (including phenoxy) is 3. The lowest BCUT2D eigenvalue weighted by atomic mass is 9.63. The van der Waals surface area contributed by atoms with Gasteiger partial charge in [-0.3, -0.25) is 9.59 Å². The molecule has 1 aliphatic heterocycles. The molecule has 0 unspecified atom stereocenters. The van der Waals surface area contributed by atoms with Gasteiger partial charge in [-0.05, 0) is 60.6 Å². The zero-order valence-electron chi connectivity index (χ0n) is 28.0. The van der Waals surface area contributed by atoms with Gasteiger partial charge < -0.3 is 19.1 Å². The van der Waals surface area contributed by atoms with E-state index >= 15 is 0 Å². The molecule has 2 aliphatic carbocycles. The van der Waals surface area contributed by atoms with Gasteiger partial charge in [0.1, 0.15) is 6.61 Å². The fraction of sp³-hybridized carbons (Fsp3) is 0.487. The largest absolute Gasteiger partial charge is 0.490 e. The molecule has 240 valence electrons. The van der Waals surface area contributed by atoms with Crippen LogP contribution in [0.25, 0.3) is 0 Å². The second-order valence-electron chi connectivity index (χ2n) is 14.2. The van der Waals surface area contributed by atoms with Gasteiger partial charge in [-0.2, -0.15) is 0 Å². The number of allylic oxidation sites excluding steroid dienone is 5. The van der Waals surface area contributed by atoms with E-state index in [1.54, 1.807) is 7.11 Å². The Labute approximate surface area is 269 Å². The third-order valence-electron chi connectivity index (χ3n) is 9.13. The van der Waals surface area contributed by atoms with Crippen molar-refractivity contribution in [2.24, 2.45) is 10.8 Å². The molecule has 0 spiro atoms. The van der Waals surface area contributed by atoms with Crippen LogP contribution in [0.3, 0.4) is 0 Å². The summed E-state index contributed by atoms with van der Waals surface area (Å²) in [5.41, 5.74) is 6.21. The number of hydrogen-bond acceptors (Lipinski definition) is 6. The normalized spacial score (nSPS) is 19.4. The molecule has 6 heteroatoms. The molecular weight excluding hydrogens is 562 g/mol. The molecule has 2 aromatic carbocycles. The average molecular weight is 612 g/mol. The molecule has 0 fully saturated rings. The van der Waals surface area contributed by atoms with Crippen molar-refractivity contribution in [1.29, 1.82) is 0 Å². The van der Waals surface area contributed by atoms with Crippen molar-refractivity contribution in [1.82, 2.24) is 4.90 Å². The van der Waals surface area contributed by atoms with E-state index in [1.807, 2.05) is 49.4 Å². The minimum Gasteiger partial charge on any atom is -0.490 e. The highest BCUT2D eigenvalue weighted by Crippen LogP contribution is 2.55. The zero-order chi connectivity index (χ0) is 32.4. The Morgan fingerprint density at radius 2 is 1.53 bits per heavy atom. The van der Waals surface area contributed by atoms with Crippen molar-refractivity contribution < 1.29 is 23.8 Å². The minimum absolute atomic E-state index is 0.125. The van der Waals surface area contributed by atoms with Gasteiger partial charge in [0.15, 0.2) is 23.1 Å². The van der Waals surface area contributed by atoms with Crippen LogP contribution in [0.5, 0.6) is 11.5 Å². The summed E-state index contributed by atoms with van der Waals surface area (Å²) < 4.78 is 18.1. The molecular formula is C39H49NO5. The number of nitrogens with zero attached hydrogens (tertiary/aromatic N) is 1. The van der Waals surface area contributed by atoms with Gasteiger partial charge in [0, 0.05) is 67.1 Å². The van der Waals surface area contributed by atoms with Crippen molar-refractivity contribution in [3.63, 3.8) is 0 Å². The van der Waals surface area contributed by atoms with E-state index in [1.165, 1.54) is 0 Å². The molecule has 0 saturated heterocycles. The third-order valence-corrected chi connectivity index (χ3v) is 9.13. The van der Waals surface area contributed by atoms with E-state index < -0.39 is 5.92 Å². The summed E-state index contributed by atoms with van der Waals surface area (Å²) in [5.74, 6) is 1.10. The number of benzene rings is 2. The molecule has 45 heavy (non-hydrogen) atoms. The molecule has 0 saturated carbocycles. The van der Waals surface area contributed by atoms with Gasteiger partial charge >= 0.3 is 0 Å². The number of ketones is 2. The van der Waals surface area contributed by atoms with Gasteiger partial charge in [0.05, 0.1) is 6.61 Å². The maximum absolute atomic E-state index is 14.2. The summed E-state index contributed by atoms with van der Waals surface area (Å²) in [7, 11) is 1.71. The maximum atomic E-state index is 14.2. The van der Waals surface area contributed by atoms with E-state index in [0.29, 0.717) is 57.1 Å². The highest BCUT2D eigenvalue weighted by atomic mass is 16.5. The Hall–Kier alpha value is -3.64. The summed E-state index contributed by atoms with van der Waals surface area (Å²) >= 11 is 0. The Kier molecular flexibility index (Phi) is 9.74. The molecule has 5 rings (SSSR count). The van der Waals surface area contributed by atoms with Crippen molar-refractivity contribution in [3.8, 4) is 11.5 Å². The first-order chi connectivity index (χ1) is 21.5. The number of hydrogen-bond donors (Lipinski definition) is 0. The molecule has 0 aromatic heterocycles. The molecule has 0 atom stereocenters. The van der Waals surface area contributed by atoms with Crippen molar-refractivity contribution in [2.45, 2.75) is 85.7 Å². The number of Topliss-reactive ketones (excluding diaryl/α,β-unsaturated/α-hetero) is 2. The predicted molar refractivity (Wildman–Crippen MR) is 178 cm³/mol. The van der Waals surface area contributed by atoms with Crippen molar-refractivity contribution in [3.05, 3.63) is 94.4 Å². The average Bonchev–Trinajstić information content (AvgIpc) is 2.96. The van der Waals surface area contributed by atoms with E-state index in [4.69, 9.17) is 14.2 Å². The van der Waals surface area contributed by atoms with Crippen LogP contribution >= 0.6 is 0 Å². The standard InChI is InChI=1S/C39H49NO5/c1-8-14-27-19-28(20-33(44-9-2)37(27)45-25-26-15-11-10-12-16-26)34-35-29(21-38(3,4)23-31(35)41)40(17-13-18-43-7)30-22-39(5,6)24-32(42)36(30)34/h8,10-12,15-16,19-20,34H,1,9,13-14,17-18,21-25H2,2-7H3. The van der Waals surface area contributed by atoms with Crippen LogP contribution in [0.15, 0.2) is 77.7 Å². The van der Waals surface area contributed by atoms with Crippen LogP contribution in [0.4, 0.5) is 0 Å². The Balaban J connectivity index is 1.71. The van der Waals surface area contributed by atoms with E-state index in [2.05, 4.69) is 45.2 Å². The van der Waals surface area contributed by atoms with Gasteiger partial charge in [-0.1, -0.05) is 70.2 Å². The summed E-state index contributed by atoms with van der Waals surface area (Å²) in [5, 5.41) is 0. The lowest BCUT2D eigenvalue weighted by Crippen LogP contribution is -2.44. The lowest BCUT2D eigenvalue weighted by molar-refractivity contribution is -0.119. The Bertz CT molecular complexity index is 1460. The molecule has 3 aliphatic rings. The second kappa shape index (κ2) is 13.4. The van der Waals surface area contributed by atoms with Crippen LogP contribution in [-0.2, 0) is 27.4 Å². The summed E-state index contributed by atoms with van der Waals surface area (Å²) in [6, 6.07) is 14.2. The van der Waals surface area contributed by atoms with Crippen LogP contribution < -0.4 is 9.47 Å². The molecule has 0 radical (unpaired) electrons. The smallest absolute Gasteiger partial charge is 0.165 e. The Morgan fingerprint density at radius 3 is 2.09 bits per heavy atom. The first-order valence-electron chi connectivity index (χ1n) is 16.3. The molecule has 0 bridgehead atoms. The minimum atomic E-state index is -0.452. The maximum Gasteiger partial charge on any atom is 0.165 e. The molecule has 6 nitrogen and oxygen atoms in total. The SMILES string of the molecule is C=CCc1cc(C2C3=C(CC(C)(C)CC3=O)N(CCCOC)C3=C2C(=O)CC(C)(C)C3)cc(OCC)c1OCc1ccccc1. The van der Waals surface area contributed by atoms with E-state index in [9.17, 15) is 9.59 Å². The quantitative estimate of drug-likeness (QED) is 0.178. The topological polar surface area (TPSA) is 65.1 Å². The van der Waals surface area contributed by atoms with Gasteiger partial charge in [0.25, 0.3) is 0 Å². The number of rotatable bonds is 12. The van der Waals surface area contributed by atoms with Crippen molar-refractivity contribution >= 4 is 11.6 Å². The number of carbonyl (C=O) groups excluding carboxylic acids is 2. The summed E-state index contributed by atoms with van der Waals surface area (Å²) in [6.07, 6.45) is 5.69. The molecule has 2 aromatic rings. The highest BCUT2D eigenvalue weighted by Gasteiger charge is 2.49. The van der Waals surface area contributed by atoms with Crippen LogP contribution in [0, 0.1) is 10.8 Å². The van der Waals surface area contributed by atoms with E-state index in [-0.39, 0.29) is 22.4 Å². The van der Waals surface area contributed by atoms with Crippen molar-refractivity contribution in [2.75, 3.05) is 26.9 Å². The summed E-state index contributed by atoms with van der Waals surface area (Å²) in [4.78, 5) is 30.8.